The Bertz CT molecular complexity index is 326. The lowest BCUT2D eigenvalue weighted by molar-refractivity contribution is 0.277. The number of aromatic nitrogens is 3. The van der Waals surface area contributed by atoms with Gasteiger partial charge in [0.2, 0.25) is 0 Å². The van der Waals surface area contributed by atoms with Gasteiger partial charge >= 0.3 is 0 Å². The van der Waals surface area contributed by atoms with E-state index in [0.717, 1.165) is 25.2 Å². The molecule has 1 aliphatic rings. The molecule has 0 unspecified atom stereocenters. The molecule has 1 aromatic heterocycles. The van der Waals surface area contributed by atoms with Gasteiger partial charge in [0.05, 0.1) is 5.69 Å². The summed E-state index contributed by atoms with van der Waals surface area (Å²) in [6.45, 7) is 4.35. The second kappa shape index (κ2) is 4.95. The minimum atomic E-state index is 0.437. The molecule has 1 aliphatic carbocycles. The van der Waals surface area contributed by atoms with Gasteiger partial charge in [0.15, 0.2) is 0 Å². The van der Waals surface area contributed by atoms with E-state index < -0.39 is 0 Å². The largest absolute Gasteiger partial charge is 0.316 e. The van der Waals surface area contributed by atoms with Crippen LogP contribution in [0, 0.1) is 5.41 Å². The fourth-order valence-corrected chi connectivity index (χ4v) is 2.79. The predicted octanol–water partition coefficient (Wildman–Crippen LogP) is 1.53. The third-order valence-corrected chi connectivity index (χ3v) is 3.62. The Labute approximate surface area is 97.4 Å². The third-order valence-electron chi connectivity index (χ3n) is 3.62. The molecule has 1 saturated carbocycles. The number of nitrogens with one attached hydrogen (secondary N) is 1. The van der Waals surface area contributed by atoms with Crippen molar-refractivity contribution in [1.82, 2.24) is 20.3 Å². The minimum Gasteiger partial charge on any atom is -0.316 e. The first kappa shape index (κ1) is 11.6. The molecule has 16 heavy (non-hydrogen) atoms. The summed E-state index contributed by atoms with van der Waals surface area (Å²) in [6, 6.07) is 0. The molecule has 0 bridgehead atoms. The Morgan fingerprint density at radius 2 is 2.19 bits per heavy atom. The van der Waals surface area contributed by atoms with Crippen molar-refractivity contribution in [3.8, 4) is 0 Å². The van der Waals surface area contributed by atoms with Gasteiger partial charge in [-0.1, -0.05) is 25.0 Å². The Balaban J connectivity index is 2.02. The van der Waals surface area contributed by atoms with Gasteiger partial charge in [-0.05, 0) is 31.2 Å². The average Bonchev–Trinajstić information content (AvgIpc) is 2.87. The molecule has 90 valence electrons. The number of nitrogens with zero attached hydrogens (tertiary/aromatic N) is 3. The Morgan fingerprint density at radius 3 is 2.75 bits per heavy atom. The van der Waals surface area contributed by atoms with Crippen LogP contribution in [0.3, 0.4) is 0 Å². The van der Waals surface area contributed by atoms with E-state index in [-0.39, 0.29) is 0 Å². The second-order valence-corrected chi connectivity index (χ2v) is 5.05. The van der Waals surface area contributed by atoms with Crippen LogP contribution in [0.1, 0.15) is 38.3 Å². The van der Waals surface area contributed by atoms with Crippen LogP contribution >= 0.6 is 0 Å². The van der Waals surface area contributed by atoms with Gasteiger partial charge in [0, 0.05) is 19.8 Å². The van der Waals surface area contributed by atoms with E-state index in [4.69, 9.17) is 0 Å². The quantitative estimate of drug-likeness (QED) is 0.821. The van der Waals surface area contributed by atoms with E-state index >= 15 is 0 Å². The zero-order valence-electron chi connectivity index (χ0n) is 10.4. The standard InChI is InChI=1S/C12H22N4/c1-3-13-10-12(6-4-5-7-12)8-11-9-16(2)15-14-11/h9,13H,3-8,10H2,1-2H3. The Morgan fingerprint density at radius 1 is 1.44 bits per heavy atom. The van der Waals surface area contributed by atoms with Crippen molar-refractivity contribution < 1.29 is 0 Å². The van der Waals surface area contributed by atoms with Crippen LogP contribution in [-0.2, 0) is 13.5 Å². The summed E-state index contributed by atoms with van der Waals surface area (Å²) in [4.78, 5) is 0. The van der Waals surface area contributed by atoms with Crippen molar-refractivity contribution in [3.63, 3.8) is 0 Å². The lowest BCUT2D eigenvalue weighted by atomic mass is 9.81. The number of hydrogen-bond donors (Lipinski definition) is 1. The van der Waals surface area contributed by atoms with Gasteiger partial charge in [-0.2, -0.15) is 0 Å². The first-order valence-electron chi connectivity index (χ1n) is 6.30. The van der Waals surface area contributed by atoms with Gasteiger partial charge < -0.3 is 5.32 Å². The van der Waals surface area contributed by atoms with Gasteiger partial charge in [-0.15, -0.1) is 5.10 Å². The van der Waals surface area contributed by atoms with Crippen LogP contribution in [0.4, 0.5) is 0 Å². The van der Waals surface area contributed by atoms with Gasteiger partial charge in [0.25, 0.3) is 0 Å². The zero-order valence-corrected chi connectivity index (χ0v) is 10.4. The lowest BCUT2D eigenvalue weighted by Gasteiger charge is -2.28. The molecule has 1 N–H and O–H groups in total. The van der Waals surface area contributed by atoms with Gasteiger partial charge in [0.1, 0.15) is 0 Å². The molecule has 0 spiro atoms. The van der Waals surface area contributed by atoms with Crippen molar-refractivity contribution in [2.45, 2.75) is 39.0 Å². The van der Waals surface area contributed by atoms with Crippen molar-refractivity contribution in [2.75, 3.05) is 13.1 Å². The van der Waals surface area contributed by atoms with Gasteiger partial charge in [-0.25, -0.2) is 0 Å². The first-order valence-corrected chi connectivity index (χ1v) is 6.30. The monoisotopic (exact) mass is 222 g/mol. The zero-order chi connectivity index (χ0) is 11.4. The molecule has 2 rings (SSSR count). The fourth-order valence-electron chi connectivity index (χ4n) is 2.79. The number of aryl methyl sites for hydroxylation is 1. The fraction of sp³-hybridized carbons (Fsp3) is 0.833. The molecule has 1 aromatic rings. The predicted molar refractivity (Wildman–Crippen MR) is 64.2 cm³/mol. The molecular formula is C12H22N4. The van der Waals surface area contributed by atoms with E-state index in [9.17, 15) is 0 Å². The highest BCUT2D eigenvalue weighted by molar-refractivity contribution is 5.01. The molecule has 0 atom stereocenters. The van der Waals surface area contributed by atoms with E-state index in [1.165, 1.54) is 25.7 Å². The number of hydrogen-bond acceptors (Lipinski definition) is 3. The SMILES string of the molecule is CCNCC1(Cc2cn(C)nn2)CCCC1. The normalized spacial score (nSPS) is 19.1. The molecule has 4 heteroatoms. The maximum Gasteiger partial charge on any atom is 0.0833 e. The summed E-state index contributed by atoms with van der Waals surface area (Å²) in [6.07, 6.45) is 8.52. The highest BCUT2D eigenvalue weighted by Crippen LogP contribution is 2.40. The average molecular weight is 222 g/mol. The van der Waals surface area contributed by atoms with E-state index in [1.807, 2.05) is 13.2 Å². The van der Waals surface area contributed by atoms with Crippen LogP contribution in [0.2, 0.25) is 0 Å². The molecule has 1 fully saturated rings. The molecule has 0 amide bonds. The van der Waals surface area contributed by atoms with Crippen LogP contribution in [0.5, 0.6) is 0 Å². The van der Waals surface area contributed by atoms with Crippen LogP contribution < -0.4 is 5.32 Å². The van der Waals surface area contributed by atoms with E-state index in [1.54, 1.807) is 4.68 Å². The highest BCUT2D eigenvalue weighted by atomic mass is 15.4. The van der Waals surface area contributed by atoms with Crippen molar-refractivity contribution in [2.24, 2.45) is 12.5 Å². The first-order chi connectivity index (χ1) is 7.74. The summed E-state index contributed by atoms with van der Waals surface area (Å²) in [5.41, 5.74) is 1.58. The molecule has 0 aromatic carbocycles. The highest BCUT2D eigenvalue weighted by Gasteiger charge is 2.34. The topological polar surface area (TPSA) is 42.7 Å². The Kier molecular flexibility index (Phi) is 3.59. The maximum absolute atomic E-state index is 4.22. The second-order valence-electron chi connectivity index (χ2n) is 5.05. The van der Waals surface area contributed by atoms with Crippen LogP contribution in [0.25, 0.3) is 0 Å². The minimum absolute atomic E-state index is 0.437. The van der Waals surface area contributed by atoms with Crippen molar-refractivity contribution >= 4 is 0 Å². The smallest absolute Gasteiger partial charge is 0.0833 e. The van der Waals surface area contributed by atoms with Gasteiger partial charge in [-0.3, -0.25) is 4.68 Å². The van der Waals surface area contributed by atoms with E-state index in [0.29, 0.717) is 5.41 Å². The number of rotatable bonds is 5. The molecule has 0 radical (unpaired) electrons. The maximum atomic E-state index is 4.22. The summed E-state index contributed by atoms with van der Waals surface area (Å²) in [5, 5.41) is 11.7. The lowest BCUT2D eigenvalue weighted by Crippen LogP contribution is -2.34. The summed E-state index contributed by atoms with van der Waals surface area (Å²) < 4.78 is 1.80. The molecule has 0 aliphatic heterocycles. The van der Waals surface area contributed by atoms with Crippen LogP contribution in [-0.4, -0.2) is 28.1 Å². The molecule has 4 nitrogen and oxygen atoms in total. The summed E-state index contributed by atoms with van der Waals surface area (Å²) in [7, 11) is 1.93. The van der Waals surface area contributed by atoms with Crippen molar-refractivity contribution in [1.29, 1.82) is 0 Å². The summed E-state index contributed by atoms with van der Waals surface area (Å²) in [5.74, 6) is 0. The Hall–Kier alpha value is -0.900. The van der Waals surface area contributed by atoms with E-state index in [2.05, 4.69) is 22.6 Å². The van der Waals surface area contributed by atoms with Crippen LogP contribution in [0.15, 0.2) is 6.20 Å². The molecular weight excluding hydrogens is 200 g/mol. The summed E-state index contributed by atoms with van der Waals surface area (Å²) >= 11 is 0. The van der Waals surface area contributed by atoms with Crippen molar-refractivity contribution in [3.05, 3.63) is 11.9 Å². The molecule has 0 saturated heterocycles. The third kappa shape index (κ3) is 2.61. The molecule has 1 heterocycles.